The predicted molar refractivity (Wildman–Crippen MR) is 101 cm³/mol. The molecule has 28 heavy (non-hydrogen) atoms. The highest BCUT2D eigenvalue weighted by atomic mass is 16.7. The van der Waals surface area contributed by atoms with Crippen LogP contribution in [-0.4, -0.2) is 38.0 Å². The zero-order valence-corrected chi connectivity index (χ0v) is 14.8. The monoisotopic (exact) mass is 379 g/mol. The van der Waals surface area contributed by atoms with Crippen LogP contribution in [0.15, 0.2) is 47.6 Å². The first kappa shape index (κ1) is 18.8. The summed E-state index contributed by atoms with van der Waals surface area (Å²) in [5, 5.41) is 6.37. The Morgan fingerprint density at radius 1 is 1.21 bits per heavy atom. The van der Waals surface area contributed by atoms with Crippen molar-refractivity contribution in [1.29, 1.82) is 0 Å². The van der Waals surface area contributed by atoms with Crippen LogP contribution in [0.2, 0.25) is 0 Å². The molecule has 0 unspecified atom stereocenters. The number of fused-ring (bicyclic) bond motifs is 1. The summed E-state index contributed by atoms with van der Waals surface area (Å²) in [5.74, 6) is 3.11. The topological polar surface area (TPSA) is 98.2 Å². The first-order valence-corrected chi connectivity index (χ1v) is 8.32. The third-order valence-corrected chi connectivity index (χ3v) is 3.67. The van der Waals surface area contributed by atoms with E-state index in [1.54, 1.807) is 42.5 Å². The summed E-state index contributed by atoms with van der Waals surface area (Å²) in [6.07, 6.45) is 6.61. The predicted octanol–water partition coefficient (Wildman–Crippen LogP) is 1.31. The zero-order valence-electron chi connectivity index (χ0n) is 14.8. The van der Waals surface area contributed by atoms with Gasteiger partial charge in [0.25, 0.3) is 11.8 Å². The number of carbonyl (C=O) groups is 2. The van der Waals surface area contributed by atoms with Crippen molar-refractivity contribution in [2.75, 3.05) is 19.9 Å². The molecule has 3 rings (SSSR count). The summed E-state index contributed by atoms with van der Waals surface area (Å²) in [6, 6.07) is 11.9. The standard InChI is InChI=1S/C20H17N3O5/c1-2-9-26-16-6-4-3-5-15(16)11-22-23-19(24)12-21-20(25)14-7-8-17-18(10-14)28-13-27-17/h1,3-8,10-11H,9,12-13H2,(H,21,25)(H,23,24). The number of hydrogen-bond donors (Lipinski definition) is 2. The quantitative estimate of drug-likeness (QED) is 0.429. The Labute approximate surface area is 161 Å². The fraction of sp³-hybridized carbons (Fsp3) is 0.150. The molecule has 2 N–H and O–H groups in total. The van der Waals surface area contributed by atoms with Gasteiger partial charge in [0, 0.05) is 11.1 Å². The van der Waals surface area contributed by atoms with Crippen molar-refractivity contribution in [3.05, 3.63) is 53.6 Å². The number of rotatable bonds is 7. The van der Waals surface area contributed by atoms with Crippen molar-refractivity contribution >= 4 is 18.0 Å². The highest BCUT2D eigenvalue weighted by Gasteiger charge is 2.16. The van der Waals surface area contributed by atoms with E-state index in [4.69, 9.17) is 20.6 Å². The van der Waals surface area contributed by atoms with E-state index in [2.05, 4.69) is 21.8 Å². The average Bonchev–Trinajstić information content (AvgIpc) is 3.19. The molecule has 0 aliphatic carbocycles. The summed E-state index contributed by atoms with van der Waals surface area (Å²) < 4.78 is 15.8. The number of carbonyl (C=O) groups excluding carboxylic acids is 2. The minimum Gasteiger partial charge on any atom is -0.480 e. The summed E-state index contributed by atoms with van der Waals surface area (Å²) in [4.78, 5) is 24.0. The van der Waals surface area contributed by atoms with E-state index in [1.165, 1.54) is 6.21 Å². The lowest BCUT2D eigenvalue weighted by Crippen LogP contribution is -2.34. The second-order valence-corrected chi connectivity index (χ2v) is 5.57. The van der Waals surface area contributed by atoms with Gasteiger partial charge in [-0.05, 0) is 30.3 Å². The van der Waals surface area contributed by atoms with Crippen LogP contribution in [0.4, 0.5) is 0 Å². The van der Waals surface area contributed by atoms with Crippen LogP contribution in [0, 0.1) is 12.3 Å². The summed E-state index contributed by atoms with van der Waals surface area (Å²) in [5.41, 5.74) is 3.35. The minimum atomic E-state index is -0.479. The van der Waals surface area contributed by atoms with Crippen molar-refractivity contribution in [2.24, 2.45) is 5.10 Å². The van der Waals surface area contributed by atoms with Crippen LogP contribution in [0.1, 0.15) is 15.9 Å². The SMILES string of the molecule is C#CCOc1ccccc1C=NNC(=O)CNC(=O)c1ccc2c(c1)OCO2. The number of ether oxygens (including phenoxy) is 3. The van der Waals surface area contributed by atoms with E-state index >= 15 is 0 Å². The molecule has 142 valence electrons. The summed E-state index contributed by atoms with van der Waals surface area (Å²) >= 11 is 0. The van der Waals surface area contributed by atoms with Gasteiger partial charge in [0.15, 0.2) is 11.5 Å². The largest absolute Gasteiger partial charge is 0.480 e. The molecule has 1 aliphatic rings. The van der Waals surface area contributed by atoms with Gasteiger partial charge >= 0.3 is 0 Å². The molecule has 1 aliphatic heterocycles. The third-order valence-electron chi connectivity index (χ3n) is 3.67. The van der Waals surface area contributed by atoms with Crippen LogP contribution >= 0.6 is 0 Å². The van der Waals surface area contributed by atoms with E-state index in [0.29, 0.717) is 28.4 Å². The van der Waals surface area contributed by atoms with Gasteiger partial charge in [-0.15, -0.1) is 6.42 Å². The van der Waals surface area contributed by atoms with Crippen molar-refractivity contribution in [2.45, 2.75) is 0 Å². The number of nitrogens with zero attached hydrogens (tertiary/aromatic N) is 1. The second kappa shape index (κ2) is 9.09. The molecule has 2 aromatic carbocycles. The maximum Gasteiger partial charge on any atom is 0.259 e. The molecule has 8 nitrogen and oxygen atoms in total. The number of benzene rings is 2. The number of hydrogen-bond acceptors (Lipinski definition) is 6. The molecule has 2 amide bonds. The van der Waals surface area contributed by atoms with Gasteiger partial charge in [0.2, 0.25) is 6.79 Å². The maximum atomic E-state index is 12.1. The van der Waals surface area contributed by atoms with Crippen molar-refractivity contribution in [3.8, 4) is 29.6 Å². The fourth-order valence-electron chi connectivity index (χ4n) is 2.35. The number of terminal acetylenes is 1. The van der Waals surface area contributed by atoms with Crippen molar-refractivity contribution in [1.82, 2.24) is 10.7 Å². The lowest BCUT2D eigenvalue weighted by Gasteiger charge is -2.06. The van der Waals surface area contributed by atoms with E-state index in [-0.39, 0.29) is 19.9 Å². The van der Waals surface area contributed by atoms with Gasteiger partial charge in [0.05, 0.1) is 12.8 Å². The number of nitrogens with one attached hydrogen (secondary N) is 2. The Balaban J connectivity index is 1.49. The first-order valence-electron chi connectivity index (χ1n) is 8.32. The molecule has 0 fully saturated rings. The van der Waals surface area contributed by atoms with Gasteiger partial charge in [-0.1, -0.05) is 18.1 Å². The highest BCUT2D eigenvalue weighted by molar-refractivity contribution is 5.97. The number of hydrazone groups is 1. The van der Waals surface area contributed by atoms with Crippen LogP contribution in [0.3, 0.4) is 0 Å². The van der Waals surface area contributed by atoms with E-state index < -0.39 is 11.8 Å². The smallest absolute Gasteiger partial charge is 0.259 e. The maximum absolute atomic E-state index is 12.1. The lowest BCUT2D eigenvalue weighted by molar-refractivity contribution is -0.120. The molecule has 0 bridgehead atoms. The Kier molecular flexibility index (Phi) is 6.10. The van der Waals surface area contributed by atoms with Gasteiger partial charge in [-0.2, -0.15) is 5.10 Å². The molecule has 0 aromatic heterocycles. The van der Waals surface area contributed by atoms with Gasteiger partial charge in [-0.3, -0.25) is 9.59 Å². The van der Waals surface area contributed by atoms with Crippen molar-refractivity contribution < 1.29 is 23.8 Å². The van der Waals surface area contributed by atoms with Gasteiger partial charge < -0.3 is 19.5 Å². The van der Waals surface area contributed by atoms with Crippen LogP contribution < -0.4 is 25.0 Å². The minimum absolute atomic E-state index is 0.123. The average molecular weight is 379 g/mol. The molecular formula is C20H17N3O5. The van der Waals surface area contributed by atoms with E-state index in [0.717, 1.165) is 0 Å². The van der Waals surface area contributed by atoms with Crippen molar-refractivity contribution in [3.63, 3.8) is 0 Å². The molecule has 2 aromatic rings. The third kappa shape index (κ3) is 4.80. The molecule has 1 heterocycles. The summed E-state index contributed by atoms with van der Waals surface area (Å²) in [7, 11) is 0. The molecule has 8 heteroatoms. The molecule has 0 saturated carbocycles. The Morgan fingerprint density at radius 3 is 2.89 bits per heavy atom. The fourth-order valence-corrected chi connectivity index (χ4v) is 2.35. The Hall–Kier alpha value is -3.99. The molecule has 0 atom stereocenters. The van der Waals surface area contributed by atoms with Crippen LogP contribution in [-0.2, 0) is 4.79 Å². The second-order valence-electron chi connectivity index (χ2n) is 5.57. The lowest BCUT2D eigenvalue weighted by atomic mass is 10.2. The Morgan fingerprint density at radius 2 is 2.04 bits per heavy atom. The van der Waals surface area contributed by atoms with E-state index in [9.17, 15) is 9.59 Å². The van der Waals surface area contributed by atoms with Crippen LogP contribution in [0.5, 0.6) is 17.2 Å². The Bertz CT molecular complexity index is 949. The molecule has 0 spiro atoms. The molecular weight excluding hydrogens is 362 g/mol. The highest BCUT2D eigenvalue weighted by Crippen LogP contribution is 2.32. The number of amides is 2. The van der Waals surface area contributed by atoms with Crippen LogP contribution in [0.25, 0.3) is 0 Å². The normalized spacial score (nSPS) is 11.7. The van der Waals surface area contributed by atoms with Gasteiger partial charge in [0.1, 0.15) is 12.4 Å². The van der Waals surface area contributed by atoms with E-state index in [1.807, 2.05) is 0 Å². The van der Waals surface area contributed by atoms with Gasteiger partial charge in [-0.25, -0.2) is 5.43 Å². The number of para-hydroxylation sites is 1. The molecule has 0 radical (unpaired) electrons. The molecule has 0 saturated heterocycles. The summed E-state index contributed by atoms with van der Waals surface area (Å²) in [6.45, 7) is 0.0146. The zero-order chi connectivity index (χ0) is 19.8. The first-order chi connectivity index (χ1) is 13.7.